The molecular weight excluding hydrogens is 166 g/mol. The van der Waals surface area contributed by atoms with Crippen LogP contribution in [0, 0.1) is 0 Å². The number of rotatable bonds is 3. The van der Waals surface area contributed by atoms with E-state index in [0.29, 0.717) is 18.5 Å². The lowest BCUT2D eigenvalue weighted by Gasteiger charge is -2.05. The highest BCUT2D eigenvalue weighted by molar-refractivity contribution is 5.26. The van der Waals surface area contributed by atoms with Gasteiger partial charge in [0.15, 0.2) is 0 Å². The highest BCUT2D eigenvalue weighted by Gasteiger charge is 2.27. The van der Waals surface area contributed by atoms with E-state index in [0.717, 1.165) is 11.3 Å². The van der Waals surface area contributed by atoms with Crippen LogP contribution in [0.25, 0.3) is 0 Å². The molecule has 2 N–H and O–H groups in total. The molecule has 1 aliphatic carbocycles. The summed E-state index contributed by atoms with van der Waals surface area (Å²) in [4.78, 5) is 8.34. The van der Waals surface area contributed by atoms with E-state index in [1.807, 2.05) is 0 Å². The molecule has 0 atom stereocenters. The van der Waals surface area contributed by atoms with Gasteiger partial charge in [0, 0.05) is 24.2 Å². The summed E-state index contributed by atoms with van der Waals surface area (Å²) in [5.74, 6) is 0.593. The van der Waals surface area contributed by atoms with Gasteiger partial charge in [-0.2, -0.15) is 4.98 Å². The number of aromatic nitrogens is 2. The predicted molar refractivity (Wildman–Crippen MR) is 48.5 cm³/mol. The summed E-state index contributed by atoms with van der Waals surface area (Å²) in [6.45, 7) is 0.510. The molecule has 1 fully saturated rings. The molecule has 1 heterocycles. The summed E-state index contributed by atoms with van der Waals surface area (Å²) in [5, 5.41) is 0. The van der Waals surface area contributed by atoms with Gasteiger partial charge in [-0.1, -0.05) is 0 Å². The Hall–Kier alpha value is -1.16. The Kier molecular flexibility index (Phi) is 2.14. The van der Waals surface area contributed by atoms with Crippen molar-refractivity contribution in [3.8, 4) is 6.01 Å². The Morgan fingerprint density at radius 3 is 2.92 bits per heavy atom. The van der Waals surface area contributed by atoms with Crippen molar-refractivity contribution >= 4 is 0 Å². The summed E-state index contributed by atoms with van der Waals surface area (Å²) in [5.41, 5.74) is 7.71. The van der Waals surface area contributed by atoms with E-state index in [4.69, 9.17) is 10.5 Å². The maximum absolute atomic E-state index is 5.59. The third-order valence-corrected chi connectivity index (χ3v) is 2.24. The number of hydrogen-bond donors (Lipinski definition) is 1. The minimum atomic E-state index is 0.444. The minimum absolute atomic E-state index is 0.444. The summed E-state index contributed by atoms with van der Waals surface area (Å²) in [6.07, 6.45) is 4.19. The van der Waals surface area contributed by atoms with Crippen LogP contribution in [0.2, 0.25) is 0 Å². The number of ether oxygens (including phenoxy) is 1. The van der Waals surface area contributed by atoms with E-state index in [1.165, 1.54) is 12.8 Å². The zero-order valence-corrected chi connectivity index (χ0v) is 7.66. The highest BCUT2D eigenvalue weighted by atomic mass is 16.5. The summed E-state index contributed by atoms with van der Waals surface area (Å²) in [6, 6.07) is 0.444. The Labute approximate surface area is 77.1 Å². The Bertz CT molecular complexity index is 310. The van der Waals surface area contributed by atoms with Gasteiger partial charge >= 0.3 is 6.01 Å². The maximum Gasteiger partial charge on any atom is 0.316 e. The van der Waals surface area contributed by atoms with E-state index >= 15 is 0 Å². The van der Waals surface area contributed by atoms with Crippen LogP contribution in [0.4, 0.5) is 0 Å². The van der Waals surface area contributed by atoms with Gasteiger partial charge in [0.25, 0.3) is 0 Å². The van der Waals surface area contributed by atoms with Gasteiger partial charge in [-0.15, -0.1) is 0 Å². The van der Waals surface area contributed by atoms with E-state index in [1.54, 1.807) is 13.3 Å². The first-order chi connectivity index (χ1) is 6.35. The minimum Gasteiger partial charge on any atom is -0.467 e. The fraction of sp³-hybridized carbons (Fsp3) is 0.556. The van der Waals surface area contributed by atoms with Crippen LogP contribution in [0.3, 0.4) is 0 Å². The fourth-order valence-electron chi connectivity index (χ4n) is 1.37. The molecule has 4 nitrogen and oxygen atoms in total. The Morgan fingerprint density at radius 1 is 1.62 bits per heavy atom. The second kappa shape index (κ2) is 3.30. The highest BCUT2D eigenvalue weighted by Crippen LogP contribution is 2.40. The van der Waals surface area contributed by atoms with Crippen molar-refractivity contribution in [1.29, 1.82) is 0 Å². The van der Waals surface area contributed by atoms with Crippen molar-refractivity contribution in [2.45, 2.75) is 25.3 Å². The zero-order valence-electron chi connectivity index (χ0n) is 7.66. The SMILES string of the molecule is COc1ncc(CN)c(C2CC2)n1. The molecule has 0 amide bonds. The van der Waals surface area contributed by atoms with Gasteiger partial charge in [0.05, 0.1) is 12.8 Å². The van der Waals surface area contributed by atoms with E-state index in [9.17, 15) is 0 Å². The van der Waals surface area contributed by atoms with Crippen LogP contribution < -0.4 is 10.5 Å². The van der Waals surface area contributed by atoms with Gasteiger partial charge in [-0.3, -0.25) is 0 Å². The molecule has 1 aromatic rings. The lowest BCUT2D eigenvalue weighted by molar-refractivity contribution is 0.377. The molecule has 13 heavy (non-hydrogen) atoms. The van der Waals surface area contributed by atoms with Gasteiger partial charge in [0.1, 0.15) is 0 Å². The molecule has 4 heteroatoms. The first kappa shape index (κ1) is 8.44. The molecule has 0 saturated heterocycles. The third kappa shape index (κ3) is 1.62. The van der Waals surface area contributed by atoms with E-state index in [2.05, 4.69) is 9.97 Å². The quantitative estimate of drug-likeness (QED) is 0.746. The molecule has 0 bridgehead atoms. The first-order valence-electron chi connectivity index (χ1n) is 4.45. The van der Waals surface area contributed by atoms with Crippen LogP contribution in [-0.4, -0.2) is 17.1 Å². The molecule has 0 aromatic carbocycles. The molecular formula is C9H13N3O. The normalized spacial score (nSPS) is 15.8. The van der Waals surface area contributed by atoms with Crippen LogP contribution in [0.15, 0.2) is 6.20 Å². The lowest BCUT2D eigenvalue weighted by Crippen LogP contribution is -2.05. The van der Waals surface area contributed by atoms with Crippen LogP contribution in [0.1, 0.15) is 30.0 Å². The molecule has 1 aromatic heterocycles. The van der Waals surface area contributed by atoms with Gasteiger partial charge in [-0.05, 0) is 12.8 Å². The van der Waals surface area contributed by atoms with E-state index < -0.39 is 0 Å². The number of methoxy groups -OCH3 is 1. The van der Waals surface area contributed by atoms with Gasteiger partial charge in [0.2, 0.25) is 0 Å². The Balaban J connectivity index is 2.35. The van der Waals surface area contributed by atoms with Gasteiger partial charge < -0.3 is 10.5 Å². The number of hydrogen-bond acceptors (Lipinski definition) is 4. The smallest absolute Gasteiger partial charge is 0.316 e. The van der Waals surface area contributed by atoms with Gasteiger partial charge in [-0.25, -0.2) is 4.98 Å². The predicted octanol–water partition coefficient (Wildman–Crippen LogP) is 0.821. The van der Waals surface area contributed by atoms with Crippen LogP contribution >= 0.6 is 0 Å². The summed E-state index contributed by atoms with van der Waals surface area (Å²) in [7, 11) is 1.58. The lowest BCUT2D eigenvalue weighted by atomic mass is 10.1. The Morgan fingerprint density at radius 2 is 2.38 bits per heavy atom. The summed E-state index contributed by atoms with van der Waals surface area (Å²) < 4.78 is 4.97. The molecule has 0 aliphatic heterocycles. The monoisotopic (exact) mass is 179 g/mol. The first-order valence-corrected chi connectivity index (χ1v) is 4.45. The maximum atomic E-state index is 5.59. The van der Waals surface area contributed by atoms with Crippen molar-refractivity contribution < 1.29 is 4.74 Å². The molecule has 70 valence electrons. The molecule has 2 rings (SSSR count). The average molecular weight is 179 g/mol. The van der Waals surface area contributed by atoms with Crippen LogP contribution in [-0.2, 0) is 6.54 Å². The second-order valence-electron chi connectivity index (χ2n) is 3.25. The van der Waals surface area contributed by atoms with Crippen molar-refractivity contribution in [2.75, 3.05) is 7.11 Å². The molecule has 1 saturated carbocycles. The third-order valence-electron chi connectivity index (χ3n) is 2.24. The number of nitrogens with zero attached hydrogens (tertiary/aromatic N) is 2. The van der Waals surface area contributed by atoms with Crippen molar-refractivity contribution in [2.24, 2.45) is 5.73 Å². The molecule has 1 aliphatic rings. The fourth-order valence-corrected chi connectivity index (χ4v) is 1.37. The largest absolute Gasteiger partial charge is 0.467 e. The van der Waals surface area contributed by atoms with E-state index in [-0.39, 0.29) is 0 Å². The average Bonchev–Trinajstić information content (AvgIpc) is 3.00. The second-order valence-corrected chi connectivity index (χ2v) is 3.25. The number of nitrogens with two attached hydrogens (primary N) is 1. The van der Waals surface area contributed by atoms with Crippen molar-refractivity contribution in [3.05, 3.63) is 17.5 Å². The van der Waals surface area contributed by atoms with Crippen molar-refractivity contribution in [3.63, 3.8) is 0 Å². The van der Waals surface area contributed by atoms with Crippen molar-refractivity contribution in [1.82, 2.24) is 9.97 Å². The standard InChI is InChI=1S/C9H13N3O/c1-13-9-11-5-7(4-10)8(12-9)6-2-3-6/h5-6H,2-4,10H2,1H3. The van der Waals surface area contributed by atoms with Crippen LogP contribution in [0.5, 0.6) is 6.01 Å². The molecule has 0 spiro atoms. The molecule has 0 radical (unpaired) electrons. The topological polar surface area (TPSA) is 61.0 Å². The zero-order chi connectivity index (χ0) is 9.26. The summed E-state index contributed by atoms with van der Waals surface area (Å²) >= 11 is 0. The molecule has 0 unspecified atom stereocenters.